The zero-order valence-corrected chi connectivity index (χ0v) is 17.6. The van der Waals surface area contributed by atoms with Crippen LogP contribution in [0, 0.1) is 5.92 Å². The van der Waals surface area contributed by atoms with E-state index in [0.717, 1.165) is 26.4 Å². The fourth-order valence-corrected chi connectivity index (χ4v) is 3.40. The quantitative estimate of drug-likeness (QED) is 0.679. The number of hydrogen-bond acceptors (Lipinski definition) is 4. The van der Waals surface area contributed by atoms with E-state index in [2.05, 4.69) is 34.6 Å². The average molecular weight is 362 g/mol. The van der Waals surface area contributed by atoms with Crippen LogP contribution in [0.1, 0.15) is 72.3 Å². The number of nitrogens with zero attached hydrogens (tertiary/aromatic N) is 2. The first-order chi connectivity index (χ1) is 12.9. The van der Waals surface area contributed by atoms with Crippen LogP contribution >= 0.6 is 0 Å². The molecular formula is C22H39N3O. The van der Waals surface area contributed by atoms with E-state index in [9.17, 15) is 0 Å². The van der Waals surface area contributed by atoms with Crippen molar-refractivity contribution >= 4 is 11.4 Å². The molecule has 1 saturated carbocycles. The molecule has 0 radical (unpaired) electrons. The minimum absolute atomic E-state index is 0.601. The number of ether oxygens (including phenoxy) is 1. The van der Waals surface area contributed by atoms with Crippen molar-refractivity contribution in [1.82, 2.24) is 5.01 Å². The molecule has 0 amide bonds. The van der Waals surface area contributed by atoms with Crippen LogP contribution in [-0.4, -0.2) is 37.1 Å². The topological polar surface area (TPSA) is 36.9 Å². The summed E-state index contributed by atoms with van der Waals surface area (Å²) in [5.74, 6) is 0.601. The number of hydrazone groups is 1. The van der Waals surface area contributed by atoms with E-state index in [1.54, 1.807) is 0 Å². The van der Waals surface area contributed by atoms with Gasteiger partial charge in [0.1, 0.15) is 6.67 Å². The smallest absolute Gasteiger partial charge is 0.104 e. The fourth-order valence-electron chi connectivity index (χ4n) is 3.40. The van der Waals surface area contributed by atoms with Gasteiger partial charge in [0, 0.05) is 23.8 Å². The molecule has 1 fully saturated rings. The van der Waals surface area contributed by atoms with Crippen molar-refractivity contribution in [3.05, 3.63) is 29.8 Å². The van der Waals surface area contributed by atoms with Gasteiger partial charge in [-0.15, -0.1) is 0 Å². The van der Waals surface area contributed by atoms with E-state index in [-0.39, 0.29) is 0 Å². The predicted molar refractivity (Wildman–Crippen MR) is 114 cm³/mol. The monoisotopic (exact) mass is 361 g/mol. The summed E-state index contributed by atoms with van der Waals surface area (Å²) in [4.78, 5) is 0. The summed E-state index contributed by atoms with van der Waals surface area (Å²) in [6, 6.07) is 8.59. The Labute approximate surface area is 161 Å². The molecule has 0 saturated heterocycles. The number of para-hydroxylation sites is 1. The van der Waals surface area contributed by atoms with E-state index in [1.165, 1.54) is 49.1 Å². The predicted octanol–water partition coefficient (Wildman–Crippen LogP) is 5.74. The van der Waals surface area contributed by atoms with Crippen molar-refractivity contribution in [1.29, 1.82) is 0 Å². The molecule has 0 atom stereocenters. The molecule has 1 aliphatic carbocycles. The van der Waals surface area contributed by atoms with Gasteiger partial charge in [0.2, 0.25) is 0 Å². The van der Waals surface area contributed by atoms with Crippen LogP contribution in [0.15, 0.2) is 29.4 Å². The molecule has 0 spiro atoms. The summed E-state index contributed by atoms with van der Waals surface area (Å²) in [5.41, 5.74) is 3.77. The molecule has 1 aromatic carbocycles. The number of hydrogen-bond donors (Lipinski definition) is 1. The number of rotatable bonds is 5. The van der Waals surface area contributed by atoms with Gasteiger partial charge in [0.15, 0.2) is 0 Å². The summed E-state index contributed by atoms with van der Waals surface area (Å²) < 4.78 is 5.50. The lowest BCUT2D eigenvalue weighted by molar-refractivity contribution is 0.117. The fraction of sp³-hybridized carbons (Fsp3) is 0.682. The molecule has 2 aliphatic rings. The van der Waals surface area contributed by atoms with E-state index in [1.807, 2.05) is 34.6 Å². The number of benzene rings is 1. The van der Waals surface area contributed by atoms with Gasteiger partial charge in [-0.1, -0.05) is 65.2 Å². The minimum atomic E-state index is 0.601. The van der Waals surface area contributed by atoms with Gasteiger partial charge in [0.25, 0.3) is 0 Å². The van der Waals surface area contributed by atoms with E-state index < -0.39 is 0 Å². The van der Waals surface area contributed by atoms with Gasteiger partial charge in [-0.05, 0) is 25.8 Å². The first-order valence-corrected chi connectivity index (χ1v) is 10.6. The molecule has 1 aliphatic heterocycles. The van der Waals surface area contributed by atoms with Gasteiger partial charge < -0.3 is 10.1 Å². The van der Waals surface area contributed by atoms with Crippen molar-refractivity contribution in [2.24, 2.45) is 11.0 Å². The third-order valence-corrected chi connectivity index (χ3v) is 4.59. The Kier molecular flexibility index (Phi) is 11.8. The molecule has 4 nitrogen and oxygen atoms in total. The Bertz CT molecular complexity index is 510. The largest absolute Gasteiger partial charge is 0.380 e. The first kappa shape index (κ1) is 22.5. The lowest BCUT2D eigenvalue weighted by Gasteiger charge is -2.25. The lowest BCUT2D eigenvalue weighted by Crippen LogP contribution is -2.28. The number of anilines is 1. The molecule has 148 valence electrons. The highest BCUT2D eigenvalue weighted by atomic mass is 16.5. The van der Waals surface area contributed by atoms with Gasteiger partial charge in [-0.2, -0.15) is 5.10 Å². The highest BCUT2D eigenvalue weighted by molar-refractivity contribution is 6.06. The van der Waals surface area contributed by atoms with Crippen LogP contribution in [0.2, 0.25) is 0 Å². The van der Waals surface area contributed by atoms with Crippen LogP contribution in [0.4, 0.5) is 5.69 Å². The van der Waals surface area contributed by atoms with Crippen molar-refractivity contribution in [2.45, 2.75) is 66.7 Å². The van der Waals surface area contributed by atoms with Gasteiger partial charge >= 0.3 is 0 Å². The van der Waals surface area contributed by atoms with Crippen LogP contribution in [-0.2, 0) is 4.74 Å². The van der Waals surface area contributed by atoms with Crippen LogP contribution in [0.5, 0.6) is 0 Å². The third kappa shape index (κ3) is 6.64. The molecule has 1 N–H and O–H groups in total. The standard InChI is InChI=1S/C18H27N3O.2C2H6/c1-2-22-13-12-21-14-19-17-11-7-6-10-16(17)18(20-21)15-8-4-3-5-9-15;2*1-2/h6-7,10-11,15,19H,2-5,8-9,12-14H2,1H3;2*1-2H3. The van der Waals surface area contributed by atoms with E-state index in [4.69, 9.17) is 9.84 Å². The molecule has 26 heavy (non-hydrogen) atoms. The minimum Gasteiger partial charge on any atom is -0.380 e. The highest BCUT2D eigenvalue weighted by Crippen LogP contribution is 2.31. The molecular weight excluding hydrogens is 322 g/mol. The van der Waals surface area contributed by atoms with Crippen LogP contribution < -0.4 is 5.32 Å². The maximum Gasteiger partial charge on any atom is 0.104 e. The third-order valence-electron chi connectivity index (χ3n) is 4.59. The van der Waals surface area contributed by atoms with E-state index >= 15 is 0 Å². The molecule has 1 heterocycles. The van der Waals surface area contributed by atoms with E-state index in [0.29, 0.717) is 5.92 Å². The molecule has 0 aromatic heterocycles. The highest BCUT2D eigenvalue weighted by Gasteiger charge is 2.25. The second-order valence-electron chi connectivity index (χ2n) is 6.13. The van der Waals surface area contributed by atoms with Crippen LogP contribution in [0.25, 0.3) is 0 Å². The molecule has 0 unspecified atom stereocenters. The molecule has 3 rings (SSSR count). The van der Waals surface area contributed by atoms with Gasteiger partial charge in [0.05, 0.1) is 18.9 Å². The number of nitrogens with one attached hydrogen (secondary N) is 1. The summed E-state index contributed by atoms with van der Waals surface area (Å²) in [6.07, 6.45) is 6.58. The second kappa shape index (κ2) is 13.6. The Morgan fingerprint density at radius 2 is 1.77 bits per heavy atom. The van der Waals surface area contributed by atoms with Gasteiger partial charge in [-0.3, -0.25) is 5.01 Å². The molecule has 4 heteroatoms. The van der Waals surface area contributed by atoms with Gasteiger partial charge in [-0.25, -0.2) is 0 Å². The average Bonchev–Trinajstić information content (AvgIpc) is 2.92. The Balaban J connectivity index is 0.000000791. The molecule has 0 bridgehead atoms. The van der Waals surface area contributed by atoms with Crippen molar-refractivity contribution in [3.8, 4) is 0 Å². The van der Waals surface area contributed by atoms with Crippen molar-refractivity contribution in [3.63, 3.8) is 0 Å². The van der Waals surface area contributed by atoms with Crippen LogP contribution in [0.3, 0.4) is 0 Å². The summed E-state index contributed by atoms with van der Waals surface area (Å²) in [5, 5.41) is 10.7. The summed E-state index contributed by atoms with van der Waals surface area (Å²) in [7, 11) is 0. The lowest BCUT2D eigenvalue weighted by atomic mass is 9.83. The Morgan fingerprint density at radius 3 is 2.46 bits per heavy atom. The maximum atomic E-state index is 5.50. The van der Waals surface area contributed by atoms with Crippen molar-refractivity contribution in [2.75, 3.05) is 31.7 Å². The molecule has 1 aromatic rings. The second-order valence-corrected chi connectivity index (χ2v) is 6.13. The summed E-state index contributed by atoms with van der Waals surface area (Å²) in [6.45, 7) is 13.1. The Hall–Kier alpha value is -1.55. The first-order valence-electron chi connectivity index (χ1n) is 10.6. The Morgan fingerprint density at radius 1 is 1.08 bits per heavy atom. The normalized spacial score (nSPS) is 16.7. The van der Waals surface area contributed by atoms with Crippen molar-refractivity contribution < 1.29 is 4.74 Å². The zero-order chi connectivity index (χ0) is 19.2. The SMILES string of the molecule is CC.CC.CCOCCN1CNc2ccccc2C(C2CCCCC2)=N1. The maximum absolute atomic E-state index is 5.50. The number of fused-ring (bicyclic) bond motifs is 1. The summed E-state index contributed by atoms with van der Waals surface area (Å²) >= 11 is 0. The zero-order valence-electron chi connectivity index (χ0n) is 17.6.